The van der Waals surface area contributed by atoms with Gasteiger partial charge in [-0.1, -0.05) is 41.6 Å². The topological polar surface area (TPSA) is 16.4 Å². The van der Waals surface area contributed by atoms with E-state index in [0.717, 1.165) is 11.6 Å². The van der Waals surface area contributed by atoms with Gasteiger partial charge in [0.05, 0.1) is 16.3 Å². The van der Waals surface area contributed by atoms with Crippen LogP contribution < -0.4 is 4.90 Å². The SMILES string of the molecule is Cc1cc(C)c(N2c3ccccc3Sc3cc(C)oc32)c(C)c1. The van der Waals surface area contributed by atoms with Crippen LogP contribution in [-0.2, 0) is 0 Å². The van der Waals surface area contributed by atoms with Crippen LogP contribution in [0.3, 0.4) is 0 Å². The molecule has 2 heterocycles. The number of para-hydroxylation sites is 1. The lowest BCUT2D eigenvalue weighted by Gasteiger charge is -2.31. The van der Waals surface area contributed by atoms with Gasteiger partial charge in [-0.25, -0.2) is 0 Å². The van der Waals surface area contributed by atoms with Gasteiger partial charge in [-0.15, -0.1) is 0 Å². The molecule has 2 nitrogen and oxygen atoms in total. The number of aryl methyl sites for hydroxylation is 4. The average Bonchev–Trinajstić information content (AvgIpc) is 2.85. The molecule has 3 aromatic rings. The molecule has 0 aliphatic carbocycles. The Balaban J connectivity index is 2.02. The maximum absolute atomic E-state index is 6.08. The Hall–Kier alpha value is -2.13. The van der Waals surface area contributed by atoms with E-state index in [1.54, 1.807) is 11.8 Å². The maximum atomic E-state index is 6.08. The summed E-state index contributed by atoms with van der Waals surface area (Å²) in [6.07, 6.45) is 0. The van der Waals surface area contributed by atoms with Crippen molar-refractivity contribution < 1.29 is 4.42 Å². The molecule has 0 radical (unpaired) electrons. The Bertz CT molecular complexity index is 887. The van der Waals surface area contributed by atoms with Gasteiger partial charge in [-0.3, -0.25) is 4.90 Å². The Morgan fingerprint density at radius 2 is 1.57 bits per heavy atom. The molecule has 0 N–H and O–H groups in total. The Kier molecular flexibility index (Phi) is 3.27. The van der Waals surface area contributed by atoms with Crippen molar-refractivity contribution in [3.63, 3.8) is 0 Å². The summed E-state index contributed by atoms with van der Waals surface area (Å²) in [6.45, 7) is 8.51. The molecule has 1 aliphatic heterocycles. The van der Waals surface area contributed by atoms with E-state index in [1.807, 2.05) is 6.92 Å². The first-order chi connectivity index (χ1) is 11.0. The zero-order valence-electron chi connectivity index (χ0n) is 13.8. The molecule has 0 saturated carbocycles. The molecule has 0 fully saturated rings. The van der Waals surface area contributed by atoms with Crippen molar-refractivity contribution in [3.8, 4) is 0 Å². The highest BCUT2D eigenvalue weighted by Crippen LogP contribution is 2.53. The standard InChI is InChI=1S/C20H19NOS/c1-12-9-13(2)19(14(3)10-12)21-16-7-5-6-8-17(16)23-18-11-15(4)22-20(18)21/h5-11H,1-4H3. The minimum Gasteiger partial charge on any atom is -0.444 e. The first-order valence-electron chi connectivity index (χ1n) is 7.80. The van der Waals surface area contributed by atoms with Crippen molar-refractivity contribution >= 4 is 29.0 Å². The summed E-state index contributed by atoms with van der Waals surface area (Å²) in [5, 5.41) is 0. The average molecular weight is 321 g/mol. The number of benzene rings is 2. The van der Waals surface area contributed by atoms with E-state index in [-0.39, 0.29) is 0 Å². The minimum atomic E-state index is 0.932. The first kappa shape index (κ1) is 14.5. The third-order valence-electron chi connectivity index (χ3n) is 4.19. The third-order valence-corrected chi connectivity index (χ3v) is 5.27. The molecule has 0 saturated heterocycles. The normalized spacial score (nSPS) is 13.0. The molecule has 3 heteroatoms. The Morgan fingerprint density at radius 3 is 2.30 bits per heavy atom. The quantitative estimate of drug-likeness (QED) is 0.401. The first-order valence-corrected chi connectivity index (χ1v) is 8.61. The summed E-state index contributed by atoms with van der Waals surface area (Å²) < 4.78 is 6.08. The minimum absolute atomic E-state index is 0.932. The number of anilines is 3. The van der Waals surface area contributed by atoms with Crippen LogP contribution in [-0.4, -0.2) is 0 Å². The smallest absolute Gasteiger partial charge is 0.218 e. The van der Waals surface area contributed by atoms with E-state index in [9.17, 15) is 0 Å². The molecule has 1 aromatic heterocycles. The summed E-state index contributed by atoms with van der Waals surface area (Å²) >= 11 is 1.78. The van der Waals surface area contributed by atoms with Crippen LogP contribution in [0, 0.1) is 27.7 Å². The van der Waals surface area contributed by atoms with Gasteiger partial charge in [-0.2, -0.15) is 0 Å². The molecule has 2 aromatic carbocycles. The van der Waals surface area contributed by atoms with E-state index < -0.39 is 0 Å². The Labute approximate surface area is 141 Å². The van der Waals surface area contributed by atoms with Crippen molar-refractivity contribution in [3.05, 3.63) is 64.9 Å². The summed E-state index contributed by atoms with van der Waals surface area (Å²) in [7, 11) is 0. The van der Waals surface area contributed by atoms with Crippen LogP contribution in [0.25, 0.3) is 0 Å². The molecular formula is C20H19NOS. The highest BCUT2D eigenvalue weighted by atomic mass is 32.2. The molecule has 0 bridgehead atoms. The summed E-state index contributed by atoms with van der Waals surface area (Å²) in [5.74, 6) is 1.88. The molecule has 4 rings (SSSR count). The summed E-state index contributed by atoms with van der Waals surface area (Å²) in [4.78, 5) is 4.72. The fourth-order valence-corrected chi connectivity index (χ4v) is 4.50. The van der Waals surface area contributed by atoms with Crippen LogP contribution in [0.4, 0.5) is 17.3 Å². The van der Waals surface area contributed by atoms with Gasteiger partial charge in [0.1, 0.15) is 5.76 Å². The molecule has 23 heavy (non-hydrogen) atoms. The number of fused-ring (bicyclic) bond motifs is 2. The lowest BCUT2D eigenvalue weighted by atomic mass is 10.0. The second-order valence-electron chi connectivity index (χ2n) is 6.18. The lowest BCUT2D eigenvalue weighted by Crippen LogP contribution is -2.16. The Morgan fingerprint density at radius 1 is 0.870 bits per heavy atom. The van der Waals surface area contributed by atoms with E-state index in [4.69, 9.17) is 4.42 Å². The third kappa shape index (κ3) is 2.27. The molecule has 0 amide bonds. The number of hydrogen-bond acceptors (Lipinski definition) is 3. The van der Waals surface area contributed by atoms with Crippen molar-refractivity contribution in [2.45, 2.75) is 37.5 Å². The zero-order valence-corrected chi connectivity index (χ0v) is 14.6. The van der Waals surface area contributed by atoms with Crippen LogP contribution in [0.2, 0.25) is 0 Å². The van der Waals surface area contributed by atoms with Crippen molar-refractivity contribution in [2.75, 3.05) is 4.90 Å². The van der Waals surface area contributed by atoms with Gasteiger partial charge >= 0.3 is 0 Å². The monoisotopic (exact) mass is 321 g/mol. The molecule has 1 aliphatic rings. The highest BCUT2D eigenvalue weighted by Gasteiger charge is 2.30. The second kappa shape index (κ2) is 5.20. The molecular weight excluding hydrogens is 302 g/mol. The number of furan rings is 1. The predicted octanol–water partition coefficient (Wildman–Crippen LogP) is 6.45. The van der Waals surface area contributed by atoms with Crippen LogP contribution >= 0.6 is 11.8 Å². The van der Waals surface area contributed by atoms with Crippen LogP contribution in [0.15, 0.2) is 56.7 Å². The molecule has 116 valence electrons. The molecule has 0 atom stereocenters. The number of nitrogens with zero attached hydrogens (tertiary/aromatic N) is 1. The van der Waals surface area contributed by atoms with Gasteiger partial charge in [0.2, 0.25) is 5.88 Å². The van der Waals surface area contributed by atoms with Gasteiger partial charge < -0.3 is 4.42 Å². The van der Waals surface area contributed by atoms with E-state index in [2.05, 4.69) is 68.1 Å². The predicted molar refractivity (Wildman–Crippen MR) is 96.5 cm³/mol. The van der Waals surface area contributed by atoms with Gasteiger partial charge in [-0.05, 0) is 57.0 Å². The van der Waals surface area contributed by atoms with Crippen molar-refractivity contribution in [2.24, 2.45) is 0 Å². The molecule has 0 spiro atoms. The largest absolute Gasteiger partial charge is 0.444 e. The van der Waals surface area contributed by atoms with Crippen LogP contribution in [0.5, 0.6) is 0 Å². The van der Waals surface area contributed by atoms with Crippen LogP contribution in [0.1, 0.15) is 22.5 Å². The number of rotatable bonds is 1. The highest BCUT2D eigenvalue weighted by molar-refractivity contribution is 7.99. The molecule has 0 unspecified atom stereocenters. The van der Waals surface area contributed by atoms with Crippen molar-refractivity contribution in [1.29, 1.82) is 0 Å². The maximum Gasteiger partial charge on any atom is 0.218 e. The summed E-state index contributed by atoms with van der Waals surface area (Å²) in [6, 6.07) is 15.1. The number of hydrogen-bond donors (Lipinski definition) is 0. The van der Waals surface area contributed by atoms with Crippen molar-refractivity contribution in [1.82, 2.24) is 0 Å². The lowest BCUT2D eigenvalue weighted by molar-refractivity contribution is 0.536. The van der Waals surface area contributed by atoms with E-state index in [0.29, 0.717) is 0 Å². The van der Waals surface area contributed by atoms with E-state index >= 15 is 0 Å². The zero-order chi connectivity index (χ0) is 16.1. The van der Waals surface area contributed by atoms with Gasteiger partial charge in [0.25, 0.3) is 0 Å². The van der Waals surface area contributed by atoms with Gasteiger partial charge in [0, 0.05) is 4.90 Å². The summed E-state index contributed by atoms with van der Waals surface area (Å²) in [5.41, 5.74) is 6.24. The van der Waals surface area contributed by atoms with E-state index in [1.165, 1.54) is 37.9 Å². The fraction of sp³-hybridized carbons (Fsp3) is 0.200. The second-order valence-corrected chi connectivity index (χ2v) is 7.26. The van der Waals surface area contributed by atoms with Gasteiger partial charge in [0.15, 0.2) is 0 Å². The fourth-order valence-electron chi connectivity index (χ4n) is 3.41.